The zero-order valence-electron chi connectivity index (χ0n) is 16.3. The van der Waals surface area contributed by atoms with Crippen molar-refractivity contribution >= 4 is 5.91 Å². The molecule has 3 N–H and O–H groups in total. The topological polar surface area (TPSA) is 118 Å². The maximum atomic E-state index is 12.7. The largest absolute Gasteiger partial charge is 0.346 e. The Balaban J connectivity index is 1.81. The Morgan fingerprint density at radius 1 is 1.26 bits per heavy atom. The summed E-state index contributed by atoms with van der Waals surface area (Å²) in [5.41, 5.74) is 0.707. The van der Waals surface area contributed by atoms with Crippen molar-refractivity contribution in [2.75, 3.05) is 13.1 Å². The highest BCUT2D eigenvalue weighted by atomic mass is 16.2. The predicted molar refractivity (Wildman–Crippen MR) is 100 cm³/mol. The van der Waals surface area contributed by atoms with E-state index in [-0.39, 0.29) is 29.8 Å². The monoisotopic (exact) mass is 373 g/mol. The molecule has 1 amide bonds. The molecule has 1 aliphatic heterocycles. The minimum atomic E-state index is -0.269. The van der Waals surface area contributed by atoms with Crippen molar-refractivity contribution in [2.45, 2.75) is 53.1 Å². The van der Waals surface area contributed by atoms with Gasteiger partial charge in [0.05, 0.1) is 12.5 Å². The van der Waals surface area contributed by atoms with Crippen LogP contribution in [0.5, 0.6) is 0 Å². The average molecular weight is 373 g/mol. The molecule has 3 rings (SSSR count). The van der Waals surface area contributed by atoms with Gasteiger partial charge in [0.1, 0.15) is 11.6 Å². The van der Waals surface area contributed by atoms with Crippen molar-refractivity contribution in [3.63, 3.8) is 0 Å². The summed E-state index contributed by atoms with van der Waals surface area (Å²) in [6, 6.07) is -0.269. The molecule has 146 valence electrons. The number of nitrogens with one attached hydrogen (secondary N) is 3. The average Bonchev–Trinajstić information content (AvgIpc) is 2.83. The summed E-state index contributed by atoms with van der Waals surface area (Å²) in [5.74, 6) is 2.15. The quantitative estimate of drug-likeness (QED) is 0.688. The summed E-state index contributed by atoms with van der Waals surface area (Å²) in [7, 11) is 0. The molecule has 0 fully saturated rings. The molecule has 9 nitrogen and oxygen atoms in total. The van der Waals surface area contributed by atoms with Crippen LogP contribution in [-0.2, 0) is 24.2 Å². The zero-order chi connectivity index (χ0) is 19.6. The summed E-state index contributed by atoms with van der Waals surface area (Å²) in [6.07, 6.45) is 0.801. The van der Waals surface area contributed by atoms with Gasteiger partial charge in [0.25, 0.3) is 5.56 Å². The van der Waals surface area contributed by atoms with E-state index in [2.05, 4.69) is 35.4 Å². The van der Waals surface area contributed by atoms with Gasteiger partial charge in [-0.3, -0.25) is 9.59 Å². The molecule has 3 heterocycles. The number of aryl methyl sites for hydroxylation is 2. The Bertz CT molecular complexity index is 884. The molecule has 2 aromatic rings. The Morgan fingerprint density at radius 2 is 2.04 bits per heavy atom. The molecule has 2 aromatic heterocycles. The first kappa shape index (κ1) is 19.2. The van der Waals surface area contributed by atoms with Crippen molar-refractivity contribution in [3.05, 3.63) is 39.1 Å². The number of fused-ring (bicyclic) bond motifs is 1. The van der Waals surface area contributed by atoms with Crippen molar-refractivity contribution in [1.29, 1.82) is 0 Å². The number of H-pyrrole nitrogens is 1. The van der Waals surface area contributed by atoms with Gasteiger partial charge >= 0.3 is 0 Å². The summed E-state index contributed by atoms with van der Waals surface area (Å²) in [4.78, 5) is 31.8. The van der Waals surface area contributed by atoms with E-state index in [0.29, 0.717) is 17.1 Å². The van der Waals surface area contributed by atoms with Gasteiger partial charge in [-0.2, -0.15) is 0 Å². The van der Waals surface area contributed by atoms with E-state index in [4.69, 9.17) is 0 Å². The molecule has 1 aliphatic rings. The molecular formula is C18H27N7O2. The predicted octanol–water partition coefficient (Wildman–Crippen LogP) is 0.180. The molecule has 0 saturated heterocycles. The molecule has 1 atom stereocenters. The van der Waals surface area contributed by atoms with Crippen LogP contribution >= 0.6 is 0 Å². The lowest BCUT2D eigenvalue weighted by atomic mass is 10.0. The highest BCUT2D eigenvalue weighted by Gasteiger charge is 2.26. The third-order valence-corrected chi connectivity index (χ3v) is 4.83. The smallest absolute Gasteiger partial charge is 0.254 e. The number of rotatable bonds is 5. The molecule has 0 bridgehead atoms. The normalized spacial score (nSPS) is 15.3. The van der Waals surface area contributed by atoms with Crippen LogP contribution in [0.1, 0.15) is 48.6 Å². The molecule has 9 heteroatoms. The van der Waals surface area contributed by atoms with Gasteiger partial charge in [-0.05, 0) is 19.8 Å². The van der Waals surface area contributed by atoms with Crippen LogP contribution in [0.25, 0.3) is 0 Å². The van der Waals surface area contributed by atoms with Crippen LogP contribution in [0.3, 0.4) is 0 Å². The van der Waals surface area contributed by atoms with Crippen molar-refractivity contribution in [2.24, 2.45) is 5.92 Å². The number of nitrogens with zero attached hydrogens (tertiary/aromatic N) is 4. The summed E-state index contributed by atoms with van der Waals surface area (Å²) in [6.45, 7) is 10.0. The van der Waals surface area contributed by atoms with Crippen LogP contribution in [0, 0.1) is 19.8 Å². The Hall–Kier alpha value is -2.55. The van der Waals surface area contributed by atoms with Crippen LogP contribution in [0.15, 0.2) is 4.79 Å². The first-order valence-electron chi connectivity index (χ1n) is 9.35. The van der Waals surface area contributed by atoms with E-state index in [0.717, 1.165) is 37.7 Å². The number of amides is 1. The first-order valence-corrected chi connectivity index (χ1v) is 9.35. The van der Waals surface area contributed by atoms with Gasteiger partial charge in [0.15, 0.2) is 5.82 Å². The van der Waals surface area contributed by atoms with Gasteiger partial charge in [-0.1, -0.05) is 13.8 Å². The second kappa shape index (κ2) is 7.99. The van der Waals surface area contributed by atoms with Gasteiger partial charge < -0.3 is 20.2 Å². The lowest BCUT2D eigenvalue weighted by molar-refractivity contribution is -0.121. The van der Waals surface area contributed by atoms with E-state index in [1.54, 1.807) is 13.8 Å². The fourth-order valence-corrected chi connectivity index (χ4v) is 3.40. The molecule has 27 heavy (non-hydrogen) atoms. The van der Waals surface area contributed by atoms with Crippen LogP contribution in [0.2, 0.25) is 0 Å². The molecule has 0 saturated carbocycles. The van der Waals surface area contributed by atoms with Crippen LogP contribution in [-0.4, -0.2) is 43.7 Å². The SMILES string of the molecule is Cc1nc(C)c(CC(=O)N[C@H](c2nnc3n2CCNCC3)C(C)C)c(=O)[nH]1. The lowest BCUT2D eigenvalue weighted by Gasteiger charge is -2.22. The highest BCUT2D eigenvalue weighted by Crippen LogP contribution is 2.22. The fourth-order valence-electron chi connectivity index (χ4n) is 3.40. The first-order chi connectivity index (χ1) is 12.9. The summed E-state index contributed by atoms with van der Waals surface area (Å²) in [5, 5.41) is 15.1. The number of aromatic amines is 1. The van der Waals surface area contributed by atoms with Crippen molar-refractivity contribution in [3.8, 4) is 0 Å². The van der Waals surface area contributed by atoms with Crippen LogP contribution < -0.4 is 16.2 Å². The minimum absolute atomic E-state index is 0.0137. The van der Waals surface area contributed by atoms with Gasteiger partial charge in [0, 0.05) is 37.3 Å². The lowest BCUT2D eigenvalue weighted by Crippen LogP contribution is -2.36. The second-order valence-corrected chi connectivity index (χ2v) is 7.31. The minimum Gasteiger partial charge on any atom is -0.346 e. The second-order valence-electron chi connectivity index (χ2n) is 7.31. The Kier molecular flexibility index (Phi) is 5.69. The molecule has 0 aliphatic carbocycles. The number of hydrogen-bond acceptors (Lipinski definition) is 6. The number of carbonyl (C=O) groups is 1. The maximum absolute atomic E-state index is 12.7. The Morgan fingerprint density at radius 3 is 2.74 bits per heavy atom. The molecule has 0 spiro atoms. The third-order valence-electron chi connectivity index (χ3n) is 4.83. The van der Waals surface area contributed by atoms with Gasteiger partial charge in [0.2, 0.25) is 5.91 Å². The molecule has 0 radical (unpaired) electrons. The Labute approximate surface area is 158 Å². The van der Waals surface area contributed by atoms with Gasteiger partial charge in [-0.15, -0.1) is 10.2 Å². The number of aromatic nitrogens is 5. The van der Waals surface area contributed by atoms with E-state index < -0.39 is 0 Å². The van der Waals surface area contributed by atoms with Gasteiger partial charge in [-0.25, -0.2) is 4.98 Å². The standard InChI is InChI=1S/C18H27N7O2/c1-10(2)16(17-24-23-14-5-6-19-7-8-25(14)17)22-15(26)9-13-11(3)20-12(4)21-18(13)27/h10,16,19H,5-9H2,1-4H3,(H,22,26)(H,20,21,27)/t16-/m0/s1. The highest BCUT2D eigenvalue weighted by molar-refractivity contribution is 5.79. The maximum Gasteiger partial charge on any atom is 0.254 e. The van der Waals surface area contributed by atoms with Crippen molar-refractivity contribution in [1.82, 2.24) is 35.4 Å². The molecular weight excluding hydrogens is 346 g/mol. The van der Waals surface area contributed by atoms with E-state index in [1.807, 2.05) is 13.8 Å². The fraction of sp³-hybridized carbons (Fsp3) is 0.611. The van der Waals surface area contributed by atoms with Crippen molar-refractivity contribution < 1.29 is 4.79 Å². The van der Waals surface area contributed by atoms with E-state index in [9.17, 15) is 9.59 Å². The summed E-state index contributed by atoms with van der Waals surface area (Å²) >= 11 is 0. The van der Waals surface area contributed by atoms with E-state index in [1.165, 1.54) is 0 Å². The molecule has 0 unspecified atom stereocenters. The number of hydrogen-bond donors (Lipinski definition) is 3. The third kappa shape index (κ3) is 4.24. The zero-order valence-corrected chi connectivity index (χ0v) is 16.3. The van der Waals surface area contributed by atoms with E-state index >= 15 is 0 Å². The summed E-state index contributed by atoms with van der Waals surface area (Å²) < 4.78 is 2.09. The van der Waals surface area contributed by atoms with Crippen LogP contribution in [0.4, 0.5) is 0 Å². The number of carbonyl (C=O) groups excluding carboxylic acids is 1. The molecule has 0 aromatic carbocycles.